The van der Waals surface area contributed by atoms with E-state index in [0.717, 1.165) is 0 Å². The molecule has 188 valence electrons. The maximum absolute atomic E-state index is 13.2. The van der Waals surface area contributed by atoms with Crippen molar-refractivity contribution in [2.75, 3.05) is 40.9 Å². The fraction of sp³-hybridized carbons (Fsp3) is 0.407. The van der Waals surface area contributed by atoms with Crippen molar-refractivity contribution >= 4 is 17.4 Å². The van der Waals surface area contributed by atoms with Gasteiger partial charge in [0, 0.05) is 18.7 Å². The highest BCUT2D eigenvalue weighted by Crippen LogP contribution is 2.42. The summed E-state index contributed by atoms with van der Waals surface area (Å²) < 4.78 is 16.8. The molecule has 2 aromatic carbocycles. The summed E-state index contributed by atoms with van der Waals surface area (Å²) in [5.74, 6) is 0.0913. The summed E-state index contributed by atoms with van der Waals surface area (Å²) in [5, 5.41) is 11.2. The molecule has 0 aliphatic carbocycles. The van der Waals surface area contributed by atoms with Crippen LogP contribution in [0.3, 0.4) is 0 Å². The minimum absolute atomic E-state index is 0.0393. The molecule has 1 fully saturated rings. The van der Waals surface area contributed by atoms with Crippen LogP contribution in [0, 0.1) is 0 Å². The number of rotatable bonds is 10. The Kier molecular flexibility index (Phi) is 8.40. The van der Waals surface area contributed by atoms with Crippen LogP contribution in [-0.4, -0.2) is 73.6 Å². The molecule has 1 amide bonds. The molecular weight excluding hydrogens is 448 g/mol. The Morgan fingerprint density at radius 3 is 2.34 bits per heavy atom. The summed E-state index contributed by atoms with van der Waals surface area (Å²) >= 11 is 0. The molecule has 0 bridgehead atoms. The topological polar surface area (TPSA) is 88.5 Å². The number of aliphatic hydroxyl groups is 1. The molecule has 1 N–H and O–H groups in total. The van der Waals surface area contributed by atoms with E-state index in [1.54, 1.807) is 42.5 Å². The van der Waals surface area contributed by atoms with Gasteiger partial charge < -0.3 is 29.1 Å². The molecule has 1 aliphatic heterocycles. The molecule has 2 aromatic rings. The van der Waals surface area contributed by atoms with E-state index in [4.69, 9.17) is 14.2 Å². The molecule has 35 heavy (non-hydrogen) atoms. The summed E-state index contributed by atoms with van der Waals surface area (Å²) in [6.07, 6.45) is -0.0554. The molecule has 1 unspecified atom stereocenters. The Balaban J connectivity index is 2.13. The van der Waals surface area contributed by atoms with Gasteiger partial charge in [0.05, 0.1) is 31.4 Å². The minimum Gasteiger partial charge on any atom is -0.507 e. The Labute approximate surface area is 206 Å². The lowest BCUT2D eigenvalue weighted by Crippen LogP contribution is -2.35. The van der Waals surface area contributed by atoms with Gasteiger partial charge in [-0.2, -0.15) is 0 Å². The summed E-state index contributed by atoms with van der Waals surface area (Å²) in [6.45, 7) is 7.10. The van der Waals surface area contributed by atoms with Crippen LogP contribution in [0.2, 0.25) is 0 Å². The monoisotopic (exact) mass is 482 g/mol. The van der Waals surface area contributed by atoms with E-state index in [0.29, 0.717) is 48.1 Å². The van der Waals surface area contributed by atoms with Gasteiger partial charge >= 0.3 is 0 Å². The van der Waals surface area contributed by atoms with Crippen LogP contribution in [-0.2, 0) is 9.59 Å². The Bertz CT molecular complexity index is 1090. The predicted octanol–water partition coefficient (Wildman–Crippen LogP) is 3.86. The number of carbonyl (C=O) groups is 2. The van der Waals surface area contributed by atoms with Crippen molar-refractivity contribution in [2.45, 2.75) is 32.9 Å². The normalized spacial score (nSPS) is 17.4. The fourth-order valence-electron chi connectivity index (χ4n) is 4.00. The molecule has 0 aromatic heterocycles. The van der Waals surface area contributed by atoms with Crippen molar-refractivity contribution in [2.24, 2.45) is 0 Å². The number of benzene rings is 2. The second kappa shape index (κ2) is 11.3. The van der Waals surface area contributed by atoms with Gasteiger partial charge in [0.25, 0.3) is 11.7 Å². The first-order valence-corrected chi connectivity index (χ1v) is 11.7. The van der Waals surface area contributed by atoms with Crippen LogP contribution in [0.15, 0.2) is 48.0 Å². The highest BCUT2D eigenvalue weighted by Gasteiger charge is 2.46. The lowest BCUT2D eigenvalue weighted by molar-refractivity contribution is -0.140. The van der Waals surface area contributed by atoms with E-state index in [1.165, 1.54) is 12.0 Å². The van der Waals surface area contributed by atoms with Gasteiger partial charge in [-0.1, -0.05) is 6.07 Å². The fourth-order valence-corrected chi connectivity index (χ4v) is 4.00. The third-order valence-corrected chi connectivity index (χ3v) is 5.63. The van der Waals surface area contributed by atoms with E-state index in [-0.39, 0.29) is 17.4 Å². The first kappa shape index (κ1) is 26.1. The lowest BCUT2D eigenvalue weighted by atomic mass is 9.95. The van der Waals surface area contributed by atoms with Crippen molar-refractivity contribution in [3.63, 3.8) is 0 Å². The van der Waals surface area contributed by atoms with Gasteiger partial charge in [0.1, 0.15) is 11.5 Å². The minimum atomic E-state index is -0.775. The summed E-state index contributed by atoms with van der Waals surface area (Å²) in [7, 11) is 5.33. The zero-order valence-corrected chi connectivity index (χ0v) is 21.2. The molecule has 0 spiro atoms. The van der Waals surface area contributed by atoms with Crippen LogP contribution < -0.4 is 14.2 Å². The number of likely N-dealkylation sites (N-methyl/N-ethyl adjacent to an activating group) is 1. The van der Waals surface area contributed by atoms with Crippen molar-refractivity contribution in [3.05, 3.63) is 59.2 Å². The highest BCUT2D eigenvalue weighted by molar-refractivity contribution is 6.46. The van der Waals surface area contributed by atoms with Crippen molar-refractivity contribution in [3.8, 4) is 17.2 Å². The number of hydrogen-bond donors (Lipinski definition) is 1. The quantitative estimate of drug-likeness (QED) is 0.312. The molecule has 8 nitrogen and oxygen atoms in total. The zero-order valence-electron chi connectivity index (χ0n) is 21.2. The third kappa shape index (κ3) is 5.77. The van der Waals surface area contributed by atoms with Crippen LogP contribution in [0.4, 0.5) is 0 Å². The summed E-state index contributed by atoms with van der Waals surface area (Å²) in [4.78, 5) is 29.7. The number of ketones is 1. The van der Waals surface area contributed by atoms with E-state index >= 15 is 0 Å². The molecule has 1 atom stereocenters. The van der Waals surface area contributed by atoms with Crippen molar-refractivity contribution in [1.29, 1.82) is 0 Å². The number of methoxy groups -OCH3 is 1. The van der Waals surface area contributed by atoms with Gasteiger partial charge in [-0.15, -0.1) is 0 Å². The summed E-state index contributed by atoms with van der Waals surface area (Å²) in [5.41, 5.74) is 1.11. The van der Waals surface area contributed by atoms with Gasteiger partial charge in [-0.3, -0.25) is 9.59 Å². The highest BCUT2D eigenvalue weighted by atomic mass is 16.5. The third-order valence-electron chi connectivity index (χ3n) is 5.63. The van der Waals surface area contributed by atoms with Gasteiger partial charge in [-0.25, -0.2) is 0 Å². The Morgan fingerprint density at radius 1 is 1.09 bits per heavy atom. The Morgan fingerprint density at radius 2 is 1.77 bits per heavy atom. The number of nitrogens with zero attached hydrogens (tertiary/aromatic N) is 2. The molecule has 3 rings (SSSR count). The largest absolute Gasteiger partial charge is 0.507 e. The maximum Gasteiger partial charge on any atom is 0.295 e. The first-order valence-electron chi connectivity index (χ1n) is 11.7. The SMILES string of the molecule is CCOc1ccc(/C(O)=C2/C(=O)C(=O)N(CCN(C)C)C2c2ccc(OC(C)C)c(OC)c2)cc1. The van der Waals surface area contributed by atoms with Crippen LogP contribution in [0.1, 0.15) is 37.9 Å². The number of amides is 1. The Hall–Kier alpha value is -3.52. The zero-order chi connectivity index (χ0) is 25.7. The molecule has 1 aliphatic rings. The van der Waals surface area contributed by atoms with Gasteiger partial charge in [0.2, 0.25) is 0 Å². The van der Waals surface area contributed by atoms with Gasteiger partial charge in [-0.05, 0) is 76.8 Å². The van der Waals surface area contributed by atoms with Crippen molar-refractivity contribution < 1.29 is 28.9 Å². The molecule has 1 saturated heterocycles. The number of ether oxygens (including phenoxy) is 3. The molecule has 1 heterocycles. The van der Waals surface area contributed by atoms with Crippen LogP contribution >= 0.6 is 0 Å². The van der Waals surface area contributed by atoms with Crippen LogP contribution in [0.25, 0.3) is 5.76 Å². The number of aliphatic hydroxyl groups excluding tert-OH is 1. The molecule has 8 heteroatoms. The smallest absolute Gasteiger partial charge is 0.295 e. The maximum atomic E-state index is 13.2. The number of Topliss-reactive ketones (excluding diaryl/α,β-unsaturated/α-hetero) is 1. The van der Waals surface area contributed by atoms with E-state index in [9.17, 15) is 14.7 Å². The summed E-state index contributed by atoms with van der Waals surface area (Å²) in [6, 6.07) is 11.3. The lowest BCUT2D eigenvalue weighted by Gasteiger charge is -2.27. The van der Waals surface area contributed by atoms with E-state index in [1.807, 2.05) is 39.8 Å². The van der Waals surface area contributed by atoms with E-state index in [2.05, 4.69) is 0 Å². The molecule has 0 saturated carbocycles. The standard InChI is InChI=1S/C27H34N2O6/c1-7-34-20-11-8-18(9-12-20)25(30)23-24(29(15-14-28(4)5)27(32)26(23)31)19-10-13-21(35-17(2)3)22(16-19)33-6/h8-13,16-17,24,30H,7,14-15H2,1-6H3/b25-23-. The average Bonchev–Trinajstić information content (AvgIpc) is 3.07. The second-order valence-electron chi connectivity index (χ2n) is 8.83. The van der Waals surface area contributed by atoms with Gasteiger partial charge in [0.15, 0.2) is 11.5 Å². The predicted molar refractivity (Wildman–Crippen MR) is 134 cm³/mol. The van der Waals surface area contributed by atoms with Crippen molar-refractivity contribution in [1.82, 2.24) is 9.80 Å². The first-order chi connectivity index (χ1) is 16.7. The number of carbonyl (C=O) groups excluding carboxylic acids is 2. The van der Waals surface area contributed by atoms with Crippen LogP contribution in [0.5, 0.6) is 17.2 Å². The molecule has 0 radical (unpaired) electrons. The average molecular weight is 483 g/mol. The number of hydrogen-bond acceptors (Lipinski definition) is 7. The second-order valence-corrected chi connectivity index (χ2v) is 8.83. The number of likely N-dealkylation sites (tertiary alicyclic amines) is 1. The van der Waals surface area contributed by atoms with E-state index < -0.39 is 17.7 Å². The molecular formula is C27H34N2O6.